The number of aromatic nitrogens is 2. The summed E-state index contributed by atoms with van der Waals surface area (Å²) in [5.74, 6) is 1.76. The number of nitrogen functional groups attached to an aromatic ring is 1. The SMILES string of the molecule is COC1(c2nc(N)cc(CC(C)C)n2)CCOCC1. The van der Waals surface area contributed by atoms with Crippen molar-refractivity contribution in [3.8, 4) is 0 Å². The monoisotopic (exact) mass is 265 g/mol. The molecule has 2 rings (SSSR count). The summed E-state index contributed by atoms with van der Waals surface area (Å²) in [6, 6.07) is 1.85. The summed E-state index contributed by atoms with van der Waals surface area (Å²) in [7, 11) is 1.71. The second-order valence-corrected chi connectivity index (χ2v) is 5.52. The van der Waals surface area contributed by atoms with Crippen molar-refractivity contribution in [3.63, 3.8) is 0 Å². The van der Waals surface area contributed by atoms with Crippen LogP contribution in [0.25, 0.3) is 0 Å². The first-order valence-corrected chi connectivity index (χ1v) is 6.82. The van der Waals surface area contributed by atoms with Crippen molar-refractivity contribution in [2.75, 3.05) is 26.1 Å². The first-order chi connectivity index (χ1) is 9.05. The maximum absolute atomic E-state index is 5.92. The molecule has 0 bridgehead atoms. The smallest absolute Gasteiger partial charge is 0.163 e. The van der Waals surface area contributed by atoms with Crippen LogP contribution in [0.5, 0.6) is 0 Å². The molecular weight excluding hydrogens is 242 g/mol. The molecule has 1 fully saturated rings. The van der Waals surface area contributed by atoms with Crippen molar-refractivity contribution < 1.29 is 9.47 Å². The van der Waals surface area contributed by atoms with Crippen LogP contribution in [-0.2, 0) is 21.5 Å². The topological polar surface area (TPSA) is 70.3 Å². The van der Waals surface area contributed by atoms with Crippen molar-refractivity contribution in [2.24, 2.45) is 5.92 Å². The Balaban J connectivity index is 2.34. The average molecular weight is 265 g/mol. The lowest BCUT2D eigenvalue weighted by Crippen LogP contribution is -2.37. The van der Waals surface area contributed by atoms with E-state index in [1.54, 1.807) is 7.11 Å². The van der Waals surface area contributed by atoms with Crippen LogP contribution >= 0.6 is 0 Å². The largest absolute Gasteiger partial charge is 0.384 e. The molecule has 1 aromatic rings. The van der Waals surface area contributed by atoms with Gasteiger partial charge in [0.1, 0.15) is 11.4 Å². The number of hydrogen-bond donors (Lipinski definition) is 1. The molecule has 0 amide bonds. The highest BCUT2D eigenvalue weighted by molar-refractivity contribution is 5.31. The number of nitrogens with zero attached hydrogens (tertiary/aromatic N) is 2. The molecule has 0 spiro atoms. The molecule has 0 unspecified atom stereocenters. The fraction of sp³-hybridized carbons (Fsp3) is 0.714. The number of rotatable bonds is 4. The normalized spacial score (nSPS) is 18.7. The number of methoxy groups -OCH3 is 1. The Hall–Kier alpha value is -1.20. The molecule has 1 aliphatic heterocycles. The van der Waals surface area contributed by atoms with Gasteiger partial charge in [0.25, 0.3) is 0 Å². The third kappa shape index (κ3) is 3.22. The van der Waals surface area contributed by atoms with E-state index in [0.29, 0.717) is 30.8 Å². The summed E-state index contributed by atoms with van der Waals surface area (Å²) in [5.41, 5.74) is 6.46. The van der Waals surface area contributed by atoms with Gasteiger partial charge in [-0.15, -0.1) is 0 Å². The molecule has 5 nitrogen and oxygen atoms in total. The second-order valence-electron chi connectivity index (χ2n) is 5.52. The van der Waals surface area contributed by atoms with Gasteiger partial charge in [-0.1, -0.05) is 13.8 Å². The molecule has 5 heteroatoms. The van der Waals surface area contributed by atoms with Gasteiger partial charge >= 0.3 is 0 Å². The zero-order chi connectivity index (χ0) is 13.9. The van der Waals surface area contributed by atoms with Gasteiger partial charge in [-0.25, -0.2) is 9.97 Å². The minimum atomic E-state index is -0.445. The van der Waals surface area contributed by atoms with Gasteiger partial charge in [0.05, 0.1) is 0 Å². The van der Waals surface area contributed by atoms with Gasteiger partial charge < -0.3 is 15.2 Å². The van der Waals surface area contributed by atoms with Gasteiger partial charge in [-0.05, 0) is 12.3 Å². The van der Waals surface area contributed by atoms with E-state index in [2.05, 4.69) is 23.8 Å². The fourth-order valence-corrected chi connectivity index (χ4v) is 2.47. The van der Waals surface area contributed by atoms with E-state index in [1.165, 1.54) is 0 Å². The number of nitrogens with two attached hydrogens (primary N) is 1. The Bertz CT molecular complexity index is 429. The minimum Gasteiger partial charge on any atom is -0.384 e. The molecule has 1 aromatic heterocycles. The van der Waals surface area contributed by atoms with Gasteiger partial charge in [0.2, 0.25) is 0 Å². The third-order valence-corrected chi connectivity index (χ3v) is 3.52. The first kappa shape index (κ1) is 14.2. The molecule has 1 aliphatic rings. The summed E-state index contributed by atoms with van der Waals surface area (Å²) in [5, 5.41) is 0. The molecule has 2 N–H and O–H groups in total. The van der Waals surface area contributed by atoms with Crippen LogP contribution in [0.4, 0.5) is 5.82 Å². The lowest BCUT2D eigenvalue weighted by Gasteiger charge is -2.34. The van der Waals surface area contributed by atoms with E-state index in [9.17, 15) is 0 Å². The van der Waals surface area contributed by atoms with Crippen LogP contribution in [0.2, 0.25) is 0 Å². The zero-order valence-corrected chi connectivity index (χ0v) is 12.0. The van der Waals surface area contributed by atoms with Crippen molar-refractivity contribution in [3.05, 3.63) is 17.6 Å². The molecule has 0 saturated carbocycles. The van der Waals surface area contributed by atoms with Crippen molar-refractivity contribution >= 4 is 5.82 Å². The predicted molar refractivity (Wildman–Crippen MR) is 73.7 cm³/mol. The van der Waals surface area contributed by atoms with E-state index in [1.807, 2.05) is 6.07 Å². The second kappa shape index (κ2) is 5.84. The minimum absolute atomic E-state index is 0.445. The molecule has 106 valence electrons. The van der Waals surface area contributed by atoms with Crippen LogP contribution in [0.3, 0.4) is 0 Å². The van der Waals surface area contributed by atoms with Gasteiger partial charge in [0.15, 0.2) is 5.82 Å². The van der Waals surface area contributed by atoms with E-state index in [-0.39, 0.29) is 0 Å². The molecular formula is C14H23N3O2. The van der Waals surface area contributed by atoms with Gasteiger partial charge in [-0.2, -0.15) is 0 Å². The number of ether oxygens (including phenoxy) is 2. The molecule has 2 heterocycles. The summed E-state index contributed by atoms with van der Waals surface area (Å²) in [6.45, 7) is 5.67. The molecule has 0 aromatic carbocycles. The van der Waals surface area contributed by atoms with E-state index < -0.39 is 5.60 Å². The van der Waals surface area contributed by atoms with Crippen molar-refractivity contribution in [1.29, 1.82) is 0 Å². The van der Waals surface area contributed by atoms with Crippen LogP contribution in [0, 0.1) is 5.92 Å². The predicted octanol–water partition coefficient (Wildman–Crippen LogP) is 1.91. The maximum Gasteiger partial charge on any atom is 0.163 e. The molecule has 19 heavy (non-hydrogen) atoms. The summed E-state index contributed by atoms with van der Waals surface area (Å²) in [6.07, 6.45) is 2.44. The Kier molecular flexibility index (Phi) is 4.37. The van der Waals surface area contributed by atoms with E-state index >= 15 is 0 Å². The fourth-order valence-electron chi connectivity index (χ4n) is 2.47. The Morgan fingerprint density at radius 2 is 2.05 bits per heavy atom. The van der Waals surface area contributed by atoms with Crippen LogP contribution < -0.4 is 5.73 Å². The van der Waals surface area contributed by atoms with E-state index in [4.69, 9.17) is 15.2 Å². The molecule has 0 radical (unpaired) electrons. The van der Waals surface area contributed by atoms with Crippen LogP contribution in [-0.4, -0.2) is 30.3 Å². The lowest BCUT2D eigenvalue weighted by atomic mass is 9.92. The Morgan fingerprint density at radius 3 is 2.63 bits per heavy atom. The van der Waals surface area contributed by atoms with Crippen molar-refractivity contribution in [2.45, 2.75) is 38.7 Å². The number of hydrogen-bond acceptors (Lipinski definition) is 5. The highest BCUT2D eigenvalue weighted by Gasteiger charge is 2.37. The Morgan fingerprint density at radius 1 is 1.37 bits per heavy atom. The molecule has 1 saturated heterocycles. The average Bonchev–Trinajstić information content (AvgIpc) is 2.38. The quantitative estimate of drug-likeness (QED) is 0.900. The summed E-state index contributed by atoms with van der Waals surface area (Å²) < 4.78 is 11.1. The highest BCUT2D eigenvalue weighted by Crippen LogP contribution is 2.33. The molecule has 0 aliphatic carbocycles. The Labute approximate surface area is 114 Å². The van der Waals surface area contributed by atoms with E-state index in [0.717, 1.165) is 25.0 Å². The highest BCUT2D eigenvalue weighted by atomic mass is 16.5. The summed E-state index contributed by atoms with van der Waals surface area (Å²) >= 11 is 0. The standard InChI is InChI=1S/C14H23N3O2/c1-10(2)8-11-9-12(15)17-13(16-11)14(18-3)4-6-19-7-5-14/h9-10H,4-8H2,1-3H3,(H2,15,16,17). The van der Waals surface area contributed by atoms with Crippen molar-refractivity contribution in [1.82, 2.24) is 9.97 Å². The third-order valence-electron chi connectivity index (χ3n) is 3.52. The molecule has 0 atom stereocenters. The van der Waals surface area contributed by atoms with Crippen LogP contribution in [0.1, 0.15) is 38.2 Å². The van der Waals surface area contributed by atoms with Gasteiger partial charge in [-0.3, -0.25) is 0 Å². The first-order valence-electron chi connectivity index (χ1n) is 6.82. The lowest BCUT2D eigenvalue weighted by molar-refractivity contribution is -0.1000. The summed E-state index contributed by atoms with van der Waals surface area (Å²) in [4.78, 5) is 9.06. The van der Waals surface area contributed by atoms with Gasteiger partial charge in [0, 0.05) is 44.9 Å². The number of anilines is 1. The maximum atomic E-state index is 5.92. The van der Waals surface area contributed by atoms with Crippen LogP contribution in [0.15, 0.2) is 6.07 Å². The zero-order valence-electron chi connectivity index (χ0n) is 12.0.